The second-order valence-corrected chi connectivity index (χ2v) is 5.54. The van der Waals surface area contributed by atoms with Gasteiger partial charge in [-0.2, -0.15) is 4.37 Å². The Morgan fingerprint density at radius 2 is 2.28 bits per heavy atom. The van der Waals surface area contributed by atoms with Crippen LogP contribution in [0.25, 0.3) is 0 Å². The first-order chi connectivity index (χ1) is 8.63. The smallest absolute Gasteiger partial charge is 0.197 e. The van der Waals surface area contributed by atoms with Crippen LogP contribution >= 0.6 is 22.9 Å². The van der Waals surface area contributed by atoms with E-state index in [1.807, 2.05) is 26.4 Å². The van der Waals surface area contributed by atoms with Crippen LogP contribution in [0.15, 0.2) is 5.51 Å². The van der Waals surface area contributed by atoms with Crippen molar-refractivity contribution in [1.82, 2.24) is 9.36 Å². The lowest BCUT2D eigenvalue weighted by molar-refractivity contribution is 0.343. The standard InChI is InChI=1S/C11H16N4OS2/c1-4-16-9-10(12)14-18-11(9)15(3)5-8-7(2)13-6-17-8/h6H,4-5H2,1-3H3,(H2,12,14). The molecule has 5 nitrogen and oxygen atoms in total. The topological polar surface area (TPSA) is 64.3 Å². The molecule has 0 atom stereocenters. The van der Waals surface area contributed by atoms with Crippen LogP contribution in [0.4, 0.5) is 10.8 Å². The van der Waals surface area contributed by atoms with E-state index in [0.29, 0.717) is 18.2 Å². The highest BCUT2D eigenvalue weighted by molar-refractivity contribution is 7.11. The van der Waals surface area contributed by atoms with E-state index in [4.69, 9.17) is 10.5 Å². The molecule has 0 spiro atoms. The number of aryl methyl sites for hydroxylation is 1. The van der Waals surface area contributed by atoms with Gasteiger partial charge < -0.3 is 15.4 Å². The molecule has 0 saturated heterocycles. The highest BCUT2D eigenvalue weighted by Gasteiger charge is 2.17. The van der Waals surface area contributed by atoms with E-state index in [0.717, 1.165) is 17.2 Å². The second-order valence-electron chi connectivity index (χ2n) is 3.85. The molecule has 2 aromatic heterocycles. The van der Waals surface area contributed by atoms with E-state index >= 15 is 0 Å². The maximum atomic E-state index is 5.81. The Morgan fingerprint density at radius 3 is 2.89 bits per heavy atom. The number of aromatic nitrogens is 2. The summed E-state index contributed by atoms with van der Waals surface area (Å²) >= 11 is 3.02. The summed E-state index contributed by atoms with van der Waals surface area (Å²) in [6.45, 7) is 5.33. The molecule has 0 amide bonds. The zero-order valence-corrected chi connectivity index (χ0v) is 12.3. The molecule has 0 aromatic carbocycles. The molecule has 2 rings (SSSR count). The summed E-state index contributed by atoms with van der Waals surface area (Å²) in [5.41, 5.74) is 8.74. The van der Waals surface area contributed by atoms with Gasteiger partial charge in [-0.15, -0.1) is 11.3 Å². The van der Waals surface area contributed by atoms with E-state index in [-0.39, 0.29) is 0 Å². The Bertz CT molecular complexity index is 523. The fourth-order valence-corrected chi connectivity index (χ4v) is 3.12. The van der Waals surface area contributed by atoms with E-state index in [9.17, 15) is 0 Å². The van der Waals surface area contributed by atoms with Crippen LogP contribution in [-0.4, -0.2) is 23.0 Å². The molecule has 2 aromatic rings. The molecule has 0 bridgehead atoms. The summed E-state index contributed by atoms with van der Waals surface area (Å²) in [5.74, 6) is 1.15. The summed E-state index contributed by atoms with van der Waals surface area (Å²) in [7, 11) is 2.01. The molecule has 0 radical (unpaired) electrons. The number of nitrogens with zero attached hydrogens (tertiary/aromatic N) is 3. The first-order valence-corrected chi connectivity index (χ1v) is 7.26. The first kappa shape index (κ1) is 13.1. The quantitative estimate of drug-likeness (QED) is 0.914. The third-order valence-electron chi connectivity index (χ3n) is 2.52. The minimum atomic E-state index is 0.463. The van der Waals surface area contributed by atoms with Gasteiger partial charge in [-0.05, 0) is 25.4 Å². The van der Waals surface area contributed by atoms with Crippen molar-refractivity contribution < 1.29 is 4.74 Å². The van der Waals surface area contributed by atoms with E-state index in [1.54, 1.807) is 11.3 Å². The molecule has 2 heterocycles. The highest BCUT2D eigenvalue weighted by Crippen LogP contribution is 2.38. The van der Waals surface area contributed by atoms with Crippen LogP contribution in [0, 0.1) is 6.92 Å². The molecule has 0 saturated carbocycles. The minimum absolute atomic E-state index is 0.463. The van der Waals surface area contributed by atoms with Crippen molar-refractivity contribution in [1.29, 1.82) is 0 Å². The molecule has 0 unspecified atom stereocenters. The van der Waals surface area contributed by atoms with Gasteiger partial charge in [0.25, 0.3) is 0 Å². The highest BCUT2D eigenvalue weighted by atomic mass is 32.1. The fourth-order valence-electron chi connectivity index (χ4n) is 1.57. The van der Waals surface area contributed by atoms with Crippen molar-refractivity contribution in [3.05, 3.63) is 16.1 Å². The Kier molecular flexibility index (Phi) is 4.03. The van der Waals surface area contributed by atoms with Crippen LogP contribution in [0.2, 0.25) is 0 Å². The average Bonchev–Trinajstić information content (AvgIpc) is 2.88. The molecular formula is C11H16N4OS2. The van der Waals surface area contributed by atoms with E-state index < -0.39 is 0 Å². The largest absolute Gasteiger partial charge is 0.487 e. The molecule has 98 valence electrons. The van der Waals surface area contributed by atoms with Gasteiger partial charge >= 0.3 is 0 Å². The van der Waals surface area contributed by atoms with Crippen molar-refractivity contribution in [3.63, 3.8) is 0 Å². The number of hydrogen-bond acceptors (Lipinski definition) is 7. The molecule has 2 N–H and O–H groups in total. The molecule has 0 aliphatic carbocycles. The molecule has 18 heavy (non-hydrogen) atoms. The summed E-state index contributed by atoms with van der Waals surface area (Å²) in [5, 5.41) is 0.960. The van der Waals surface area contributed by atoms with Crippen molar-refractivity contribution in [2.24, 2.45) is 0 Å². The number of nitrogens with two attached hydrogens (primary N) is 1. The minimum Gasteiger partial charge on any atom is -0.487 e. The van der Waals surface area contributed by atoms with Crippen LogP contribution < -0.4 is 15.4 Å². The summed E-state index contributed by atoms with van der Waals surface area (Å²) < 4.78 is 9.70. The lowest BCUT2D eigenvalue weighted by atomic mass is 10.3. The maximum absolute atomic E-state index is 5.81. The lowest BCUT2D eigenvalue weighted by Gasteiger charge is -2.17. The average molecular weight is 284 g/mol. The van der Waals surface area contributed by atoms with E-state index in [1.165, 1.54) is 16.4 Å². The monoisotopic (exact) mass is 284 g/mol. The number of anilines is 2. The number of hydrogen-bond donors (Lipinski definition) is 1. The van der Waals surface area contributed by atoms with Gasteiger partial charge in [-0.25, -0.2) is 4.98 Å². The van der Waals surface area contributed by atoms with E-state index in [2.05, 4.69) is 14.3 Å². The fraction of sp³-hybridized carbons (Fsp3) is 0.455. The van der Waals surface area contributed by atoms with Gasteiger partial charge in [0.15, 0.2) is 16.6 Å². The number of thiazole rings is 1. The zero-order valence-electron chi connectivity index (χ0n) is 10.6. The SMILES string of the molecule is CCOc1c(N)nsc1N(C)Cc1scnc1C. The van der Waals surface area contributed by atoms with Crippen LogP contribution in [0.5, 0.6) is 5.75 Å². The molecule has 7 heteroatoms. The normalized spacial score (nSPS) is 10.6. The van der Waals surface area contributed by atoms with Gasteiger partial charge in [0.1, 0.15) is 0 Å². The molecule has 0 fully saturated rings. The Labute approximate surface area is 114 Å². The van der Waals surface area contributed by atoms with Gasteiger partial charge in [0.05, 0.1) is 24.4 Å². The van der Waals surface area contributed by atoms with Crippen molar-refractivity contribution in [2.45, 2.75) is 20.4 Å². The summed E-state index contributed by atoms with van der Waals surface area (Å²) in [6, 6.07) is 0. The van der Waals surface area contributed by atoms with Gasteiger partial charge in [0.2, 0.25) is 0 Å². The first-order valence-electron chi connectivity index (χ1n) is 5.61. The Hall–Kier alpha value is -1.34. The predicted molar refractivity (Wildman–Crippen MR) is 76.7 cm³/mol. The molecule has 0 aliphatic rings. The van der Waals surface area contributed by atoms with Crippen molar-refractivity contribution >= 4 is 33.7 Å². The summed E-state index contributed by atoms with van der Waals surface area (Å²) in [6.07, 6.45) is 0. The number of ether oxygens (including phenoxy) is 1. The second kappa shape index (κ2) is 5.53. The van der Waals surface area contributed by atoms with Crippen LogP contribution in [-0.2, 0) is 6.54 Å². The number of rotatable bonds is 5. The Balaban J connectivity index is 2.18. The van der Waals surface area contributed by atoms with Crippen molar-refractivity contribution in [2.75, 3.05) is 24.3 Å². The van der Waals surface area contributed by atoms with Crippen LogP contribution in [0.1, 0.15) is 17.5 Å². The zero-order chi connectivity index (χ0) is 13.1. The third-order valence-corrected chi connectivity index (χ3v) is 4.40. The molecule has 0 aliphatic heterocycles. The van der Waals surface area contributed by atoms with Gasteiger partial charge in [-0.1, -0.05) is 0 Å². The molecular weight excluding hydrogens is 268 g/mol. The van der Waals surface area contributed by atoms with Gasteiger partial charge in [-0.3, -0.25) is 0 Å². The summed E-state index contributed by atoms with van der Waals surface area (Å²) in [4.78, 5) is 7.59. The lowest BCUT2D eigenvalue weighted by Crippen LogP contribution is -2.16. The third kappa shape index (κ3) is 2.56. The van der Waals surface area contributed by atoms with Crippen LogP contribution in [0.3, 0.4) is 0 Å². The maximum Gasteiger partial charge on any atom is 0.197 e. The van der Waals surface area contributed by atoms with Crippen molar-refractivity contribution in [3.8, 4) is 5.75 Å². The number of nitrogen functional groups attached to an aromatic ring is 1. The van der Waals surface area contributed by atoms with Gasteiger partial charge in [0, 0.05) is 11.9 Å². The Morgan fingerprint density at radius 1 is 1.50 bits per heavy atom. The predicted octanol–water partition coefficient (Wildman–Crippen LogP) is 2.53.